The lowest BCUT2D eigenvalue weighted by atomic mass is 9.93. The maximum Gasteiger partial charge on any atom is 0.318 e. The first kappa shape index (κ1) is 22.1. The second-order valence-electron chi connectivity index (χ2n) is 8.70. The van der Waals surface area contributed by atoms with E-state index in [1.165, 1.54) is 12.1 Å². The van der Waals surface area contributed by atoms with E-state index in [-0.39, 0.29) is 36.4 Å². The molecule has 0 saturated carbocycles. The van der Waals surface area contributed by atoms with E-state index in [1.807, 2.05) is 47.4 Å². The van der Waals surface area contributed by atoms with Gasteiger partial charge in [0.25, 0.3) is 0 Å². The van der Waals surface area contributed by atoms with Gasteiger partial charge in [0.05, 0.1) is 12.6 Å². The summed E-state index contributed by atoms with van der Waals surface area (Å²) in [5, 5.41) is 2.91. The highest BCUT2D eigenvalue weighted by atomic mass is 19.1. The number of fused-ring (bicyclic) bond motifs is 2. The lowest BCUT2D eigenvalue weighted by molar-refractivity contribution is 0.177. The Morgan fingerprint density at radius 2 is 1.82 bits per heavy atom. The molecule has 174 valence electrons. The predicted molar refractivity (Wildman–Crippen MR) is 128 cm³/mol. The van der Waals surface area contributed by atoms with Crippen LogP contribution in [0, 0.1) is 11.6 Å². The van der Waals surface area contributed by atoms with E-state index in [0.717, 1.165) is 29.5 Å². The maximum absolute atomic E-state index is 14.9. The minimum atomic E-state index is -0.358. The summed E-state index contributed by atoms with van der Waals surface area (Å²) in [5.74, 6) is -0.163. The van der Waals surface area contributed by atoms with Crippen LogP contribution in [0.15, 0.2) is 78.9 Å². The molecule has 3 aromatic carbocycles. The molecule has 2 atom stereocenters. The first-order valence-corrected chi connectivity index (χ1v) is 11.6. The third kappa shape index (κ3) is 4.67. The standard InChI is InChI=1S/C28H26F2N2O2/c29-22-7-4-8-25(18-22)34-14-13-31-28(33)32-23-10-11-24(32)16-21(15-23)20-9-12-26(27(30)17-20)19-5-2-1-3-6-19/h1-9,12,15,17-18,23-24H,10-11,13-14,16H2,(H,31,33). The van der Waals surface area contributed by atoms with Crippen LogP contribution in [0.1, 0.15) is 24.8 Å². The minimum Gasteiger partial charge on any atom is -0.492 e. The van der Waals surface area contributed by atoms with Crippen LogP contribution in [0.4, 0.5) is 13.6 Å². The van der Waals surface area contributed by atoms with Gasteiger partial charge in [-0.25, -0.2) is 13.6 Å². The molecule has 1 saturated heterocycles. The topological polar surface area (TPSA) is 41.6 Å². The van der Waals surface area contributed by atoms with Gasteiger partial charge in [-0.2, -0.15) is 0 Å². The van der Waals surface area contributed by atoms with Crippen molar-refractivity contribution in [2.45, 2.75) is 31.3 Å². The molecular weight excluding hydrogens is 434 g/mol. The fraction of sp³-hybridized carbons (Fsp3) is 0.250. The molecule has 2 aliphatic heterocycles. The molecule has 4 nitrogen and oxygen atoms in total. The molecule has 5 rings (SSSR count). The van der Waals surface area contributed by atoms with Gasteiger partial charge in [0.15, 0.2) is 0 Å². The third-order valence-corrected chi connectivity index (χ3v) is 6.50. The first-order valence-electron chi connectivity index (χ1n) is 11.6. The Bertz CT molecular complexity index is 1210. The van der Waals surface area contributed by atoms with Crippen molar-refractivity contribution in [2.24, 2.45) is 0 Å². The minimum absolute atomic E-state index is 0.00486. The summed E-state index contributed by atoms with van der Waals surface area (Å²) in [6.07, 6.45) is 4.62. The van der Waals surface area contributed by atoms with Gasteiger partial charge < -0.3 is 15.0 Å². The molecule has 2 aliphatic rings. The van der Waals surface area contributed by atoms with E-state index in [2.05, 4.69) is 11.4 Å². The van der Waals surface area contributed by atoms with Crippen molar-refractivity contribution in [3.05, 3.63) is 96.1 Å². The highest BCUT2D eigenvalue weighted by molar-refractivity contribution is 5.79. The van der Waals surface area contributed by atoms with Gasteiger partial charge in [-0.3, -0.25) is 0 Å². The number of rotatable bonds is 6. The van der Waals surface area contributed by atoms with Gasteiger partial charge in [-0.05, 0) is 54.2 Å². The van der Waals surface area contributed by atoms with E-state index in [0.29, 0.717) is 24.3 Å². The van der Waals surface area contributed by atoms with Crippen LogP contribution in [0.5, 0.6) is 5.75 Å². The number of benzene rings is 3. The number of carbonyl (C=O) groups is 1. The van der Waals surface area contributed by atoms with Crippen molar-refractivity contribution in [3.8, 4) is 16.9 Å². The molecule has 0 spiro atoms. The zero-order valence-electron chi connectivity index (χ0n) is 18.7. The number of hydrogen-bond donors (Lipinski definition) is 1. The highest BCUT2D eigenvalue weighted by Gasteiger charge is 2.39. The molecule has 2 bridgehead atoms. The highest BCUT2D eigenvalue weighted by Crippen LogP contribution is 2.39. The molecule has 34 heavy (non-hydrogen) atoms. The molecule has 0 radical (unpaired) electrons. The monoisotopic (exact) mass is 460 g/mol. The number of halogens is 2. The molecule has 2 heterocycles. The van der Waals surface area contributed by atoms with Crippen LogP contribution >= 0.6 is 0 Å². The molecule has 1 N–H and O–H groups in total. The molecular formula is C28H26F2N2O2. The maximum atomic E-state index is 14.9. The SMILES string of the molecule is O=C(NCCOc1cccc(F)c1)N1C2C=C(c3ccc(-c4ccccc4)c(F)c3)CC1CC2. The normalized spacial score (nSPS) is 19.0. The van der Waals surface area contributed by atoms with Crippen molar-refractivity contribution >= 4 is 11.6 Å². The Morgan fingerprint density at radius 3 is 2.59 bits per heavy atom. The first-order chi connectivity index (χ1) is 16.6. The Hall–Kier alpha value is -3.67. The second-order valence-corrected chi connectivity index (χ2v) is 8.70. The zero-order chi connectivity index (χ0) is 23.5. The Kier molecular flexibility index (Phi) is 6.30. The van der Waals surface area contributed by atoms with Gasteiger partial charge in [0.2, 0.25) is 0 Å². The van der Waals surface area contributed by atoms with Crippen LogP contribution < -0.4 is 10.1 Å². The van der Waals surface area contributed by atoms with Gasteiger partial charge in [-0.1, -0.05) is 54.6 Å². The number of urea groups is 1. The van der Waals surface area contributed by atoms with Crippen LogP contribution in [0.2, 0.25) is 0 Å². The summed E-state index contributed by atoms with van der Waals surface area (Å²) in [7, 11) is 0. The number of nitrogens with zero attached hydrogens (tertiary/aromatic N) is 1. The summed E-state index contributed by atoms with van der Waals surface area (Å²) in [5.41, 5.74) is 3.40. The van der Waals surface area contributed by atoms with Crippen LogP contribution in [0.3, 0.4) is 0 Å². The number of ether oxygens (including phenoxy) is 1. The van der Waals surface area contributed by atoms with Gasteiger partial charge in [0, 0.05) is 17.7 Å². The smallest absolute Gasteiger partial charge is 0.318 e. The molecule has 0 aliphatic carbocycles. The summed E-state index contributed by atoms with van der Waals surface area (Å²) in [6, 6.07) is 20.8. The van der Waals surface area contributed by atoms with E-state index in [4.69, 9.17) is 4.74 Å². The molecule has 6 heteroatoms. The third-order valence-electron chi connectivity index (χ3n) is 6.50. The van der Waals surface area contributed by atoms with Gasteiger partial charge in [0.1, 0.15) is 24.0 Å². The van der Waals surface area contributed by atoms with E-state index >= 15 is 0 Å². The second kappa shape index (κ2) is 9.67. The molecule has 0 aromatic heterocycles. The van der Waals surface area contributed by atoms with Gasteiger partial charge in [-0.15, -0.1) is 0 Å². The van der Waals surface area contributed by atoms with E-state index < -0.39 is 0 Å². The molecule has 2 amide bonds. The summed E-state index contributed by atoms with van der Waals surface area (Å²) in [4.78, 5) is 14.7. The van der Waals surface area contributed by atoms with Crippen molar-refractivity contribution in [1.29, 1.82) is 0 Å². The summed E-state index contributed by atoms with van der Waals surface area (Å²) >= 11 is 0. The summed E-state index contributed by atoms with van der Waals surface area (Å²) < 4.78 is 33.6. The largest absolute Gasteiger partial charge is 0.492 e. The van der Waals surface area contributed by atoms with Crippen molar-refractivity contribution < 1.29 is 18.3 Å². The Balaban J connectivity index is 1.21. The Labute approximate surface area is 197 Å². The van der Waals surface area contributed by atoms with E-state index in [9.17, 15) is 13.6 Å². The van der Waals surface area contributed by atoms with Gasteiger partial charge >= 0.3 is 6.03 Å². The number of carbonyl (C=O) groups excluding carboxylic acids is 1. The summed E-state index contributed by atoms with van der Waals surface area (Å²) in [6.45, 7) is 0.584. The predicted octanol–water partition coefficient (Wildman–Crippen LogP) is 6.04. The van der Waals surface area contributed by atoms with E-state index in [1.54, 1.807) is 18.2 Å². The van der Waals surface area contributed by atoms with Crippen molar-refractivity contribution in [2.75, 3.05) is 13.2 Å². The Morgan fingerprint density at radius 1 is 0.971 bits per heavy atom. The van der Waals surface area contributed by atoms with Crippen molar-refractivity contribution in [3.63, 3.8) is 0 Å². The average molecular weight is 461 g/mol. The average Bonchev–Trinajstić information content (AvgIpc) is 3.11. The number of hydrogen-bond acceptors (Lipinski definition) is 2. The number of nitrogens with one attached hydrogen (secondary N) is 1. The zero-order valence-corrected chi connectivity index (χ0v) is 18.7. The fourth-order valence-corrected chi connectivity index (χ4v) is 4.90. The quantitative estimate of drug-likeness (QED) is 0.456. The lowest BCUT2D eigenvalue weighted by Gasteiger charge is -2.34. The van der Waals surface area contributed by atoms with Crippen LogP contribution in [-0.4, -0.2) is 36.2 Å². The number of amides is 2. The van der Waals surface area contributed by atoms with Crippen molar-refractivity contribution in [1.82, 2.24) is 10.2 Å². The molecule has 3 aromatic rings. The molecule has 2 unspecified atom stereocenters. The van der Waals surface area contributed by atoms with Crippen LogP contribution in [0.25, 0.3) is 16.7 Å². The van der Waals surface area contributed by atoms with Crippen LogP contribution in [-0.2, 0) is 0 Å². The molecule has 1 fully saturated rings. The lowest BCUT2D eigenvalue weighted by Crippen LogP contribution is -2.49. The fourth-order valence-electron chi connectivity index (χ4n) is 4.90.